The number of H-pyrrole nitrogens is 1. The van der Waals surface area contributed by atoms with E-state index in [9.17, 15) is 13.2 Å². The third-order valence-electron chi connectivity index (χ3n) is 4.57. The molecule has 1 aliphatic heterocycles. The van der Waals surface area contributed by atoms with Crippen LogP contribution in [-0.4, -0.2) is 21.1 Å². The zero-order valence-electron chi connectivity index (χ0n) is 15.1. The zero-order chi connectivity index (χ0) is 20.4. The van der Waals surface area contributed by atoms with Gasteiger partial charge in [-0.2, -0.15) is 13.2 Å². The fraction of sp³-hybridized carbons (Fsp3) is 0.200. The summed E-state index contributed by atoms with van der Waals surface area (Å²) in [6.07, 6.45) is 6.81. The Morgan fingerprint density at radius 3 is 2.72 bits per heavy atom. The number of aromatic nitrogens is 3. The van der Waals surface area contributed by atoms with Crippen molar-refractivity contribution in [1.29, 1.82) is 0 Å². The molecule has 0 radical (unpaired) electrons. The van der Waals surface area contributed by atoms with Crippen molar-refractivity contribution < 1.29 is 13.2 Å². The number of rotatable bonds is 5. The number of hydrogen-bond acceptors (Lipinski definition) is 4. The molecule has 4 rings (SSSR count). The van der Waals surface area contributed by atoms with Crippen LogP contribution in [0.4, 0.5) is 13.2 Å². The van der Waals surface area contributed by atoms with Crippen LogP contribution in [0.15, 0.2) is 60.7 Å². The molecule has 3 N–H and O–H groups in total. The van der Waals surface area contributed by atoms with Crippen LogP contribution >= 0.6 is 11.6 Å². The molecule has 5 nitrogen and oxygen atoms in total. The predicted molar refractivity (Wildman–Crippen MR) is 105 cm³/mol. The van der Waals surface area contributed by atoms with Crippen molar-refractivity contribution in [3.63, 3.8) is 0 Å². The van der Waals surface area contributed by atoms with Gasteiger partial charge >= 0.3 is 6.18 Å². The van der Waals surface area contributed by atoms with E-state index >= 15 is 0 Å². The lowest BCUT2D eigenvalue weighted by molar-refractivity contribution is -0.141. The molecule has 0 aliphatic carbocycles. The Hall–Kier alpha value is -2.84. The molecule has 0 amide bonds. The van der Waals surface area contributed by atoms with Gasteiger partial charge in [0.15, 0.2) is 0 Å². The van der Waals surface area contributed by atoms with Crippen LogP contribution in [0.2, 0.25) is 5.02 Å². The summed E-state index contributed by atoms with van der Waals surface area (Å²) in [5.74, 6) is 0. The average molecular weight is 420 g/mol. The molecule has 0 aromatic carbocycles. The molecule has 0 bridgehead atoms. The van der Waals surface area contributed by atoms with Crippen LogP contribution < -0.4 is 10.6 Å². The number of halogens is 4. The summed E-state index contributed by atoms with van der Waals surface area (Å²) in [7, 11) is 0. The van der Waals surface area contributed by atoms with Gasteiger partial charge in [-0.3, -0.25) is 10.3 Å². The Balaban J connectivity index is 1.33. The van der Waals surface area contributed by atoms with E-state index in [4.69, 9.17) is 11.6 Å². The highest BCUT2D eigenvalue weighted by molar-refractivity contribution is 6.31. The fourth-order valence-corrected chi connectivity index (χ4v) is 3.24. The third-order valence-corrected chi connectivity index (χ3v) is 4.78. The van der Waals surface area contributed by atoms with E-state index in [1.165, 1.54) is 12.3 Å². The van der Waals surface area contributed by atoms with Crippen molar-refractivity contribution in [2.24, 2.45) is 0 Å². The molecule has 1 atom stereocenters. The van der Waals surface area contributed by atoms with E-state index in [0.29, 0.717) is 23.6 Å². The number of aromatic amines is 1. The van der Waals surface area contributed by atoms with Crippen LogP contribution in [0.25, 0.3) is 11.0 Å². The molecule has 1 unspecified atom stereocenters. The van der Waals surface area contributed by atoms with Crippen molar-refractivity contribution in [1.82, 2.24) is 25.6 Å². The Bertz CT molecular complexity index is 1070. The SMILES string of the molecule is FC(F)(F)c1ccc(CNC2C=CC(Cc3c[nH]c4ncc(Cl)cc34)=CN2)cn1. The van der Waals surface area contributed by atoms with Crippen LogP contribution in [0, 0.1) is 0 Å². The summed E-state index contributed by atoms with van der Waals surface area (Å²) in [4.78, 5) is 10.9. The number of dihydropyridines is 1. The van der Waals surface area contributed by atoms with Gasteiger partial charge in [0.1, 0.15) is 11.3 Å². The largest absolute Gasteiger partial charge is 0.433 e. The number of nitrogens with one attached hydrogen (secondary N) is 3. The maximum absolute atomic E-state index is 12.6. The Morgan fingerprint density at radius 1 is 1.17 bits per heavy atom. The lowest BCUT2D eigenvalue weighted by Gasteiger charge is -2.20. The average Bonchev–Trinajstić information content (AvgIpc) is 3.09. The summed E-state index contributed by atoms with van der Waals surface area (Å²) in [5.41, 5.74) is 2.75. The van der Waals surface area contributed by atoms with Crippen molar-refractivity contribution in [2.75, 3.05) is 0 Å². The van der Waals surface area contributed by atoms with Gasteiger partial charge in [-0.25, -0.2) is 4.98 Å². The molecular formula is C20H17ClF3N5. The standard InChI is InChI=1S/C20H17ClF3N5/c21-15-6-16-14(10-28-19(16)29-11-15)5-12-2-4-18(26-7-12)27-9-13-1-3-17(25-8-13)20(22,23)24/h1-4,6-8,10-11,18,26-27H,5,9H2,(H,28,29). The van der Waals surface area contributed by atoms with Crippen molar-refractivity contribution in [3.8, 4) is 0 Å². The van der Waals surface area contributed by atoms with Crippen LogP contribution in [0.5, 0.6) is 0 Å². The number of nitrogens with zero attached hydrogens (tertiary/aromatic N) is 2. The van der Waals surface area contributed by atoms with E-state index in [1.54, 1.807) is 6.20 Å². The molecular weight excluding hydrogens is 403 g/mol. The molecule has 0 spiro atoms. The summed E-state index contributed by atoms with van der Waals surface area (Å²) in [6.45, 7) is 0.392. The topological polar surface area (TPSA) is 65.6 Å². The molecule has 4 heterocycles. The van der Waals surface area contributed by atoms with Gasteiger partial charge < -0.3 is 10.3 Å². The Morgan fingerprint density at radius 2 is 2.03 bits per heavy atom. The number of hydrogen-bond donors (Lipinski definition) is 3. The molecule has 150 valence electrons. The first kappa shape index (κ1) is 19.5. The third kappa shape index (κ3) is 4.60. The van der Waals surface area contributed by atoms with Gasteiger partial charge in [-0.1, -0.05) is 23.7 Å². The van der Waals surface area contributed by atoms with E-state index in [2.05, 4.69) is 25.6 Å². The molecule has 3 aromatic heterocycles. The van der Waals surface area contributed by atoms with E-state index in [-0.39, 0.29) is 6.17 Å². The lowest BCUT2D eigenvalue weighted by Crippen LogP contribution is -2.39. The number of alkyl halides is 3. The molecule has 9 heteroatoms. The summed E-state index contributed by atoms with van der Waals surface area (Å²) in [6, 6.07) is 4.30. The lowest BCUT2D eigenvalue weighted by atomic mass is 10.0. The normalized spacial score (nSPS) is 16.7. The van der Waals surface area contributed by atoms with Gasteiger partial charge in [0.05, 0.1) is 11.2 Å². The summed E-state index contributed by atoms with van der Waals surface area (Å²) < 4.78 is 37.7. The van der Waals surface area contributed by atoms with Crippen molar-refractivity contribution in [3.05, 3.63) is 82.6 Å². The Labute approximate surface area is 169 Å². The highest BCUT2D eigenvalue weighted by Gasteiger charge is 2.31. The predicted octanol–water partition coefficient (Wildman–Crippen LogP) is 4.33. The zero-order valence-corrected chi connectivity index (χ0v) is 15.8. The van der Waals surface area contributed by atoms with Gasteiger partial charge in [0, 0.05) is 43.1 Å². The van der Waals surface area contributed by atoms with Gasteiger partial charge in [-0.15, -0.1) is 0 Å². The van der Waals surface area contributed by atoms with Crippen LogP contribution in [-0.2, 0) is 19.1 Å². The number of fused-ring (bicyclic) bond motifs is 1. The number of allylic oxidation sites excluding steroid dienone is 2. The van der Waals surface area contributed by atoms with E-state index in [1.807, 2.05) is 30.6 Å². The van der Waals surface area contributed by atoms with Gasteiger partial charge in [0.25, 0.3) is 0 Å². The van der Waals surface area contributed by atoms with Crippen molar-refractivity contribution >= 4 is 22.6 Å². The highest BCUT2D eigenvalue weighted by atomic mass is 35.5. The fourth-order valence-electron chi connectivity index (χ4n) is 3.08. The minimum atomic E-state index is -4.42. The maximum Gasteiger partial charge on any atom is 0.433 e. The molecule has 0 fully saturated rings. The second-order valence-corrected chi connectivity index (χ2v) is 7.13. The summed E-state index contributed by atoms with van der Waals surface area (Å²) >= 11 is 6.04. The van der Waals surface area contributed by atoms with Gasteiger partial charge in [-0.05, 0) is 34.9 Å². The summed E-state index contributed by atoms with van der Waals surface area (Å²) in [5, 5.41) is 8.03. The maximum atomic E-state index is 12.6. The first-order chi connectivity index (χ1) is 13.9. The minimum absolute atomic E-state index is 0.125. The molecule has 0 saturated carbocycles. The molecule has 0 saturated heterocycles. The Kier molecular flexibility index (Phi) is 5.29. The minimum Gasteiger partial charge on any atom is -0.372 e. The number of pyridine rings is 2. The van der Waals surface area contributed by atoms with Crippen LogP contribution in [0.1, 0.15) is 16.8 Å². The van der Waals surface area contributed by atoms with Crippen LogP contribution in [0.3, 0.4) is 0 Å². The first-order valence-electron chi connectivity index (χ1n) is 8.89. The van der Waals surface area contributed by atoms with E-state index < -0.39 is 11.9 Å². The second kappa shape index (κ2) is 7.88. The van der Waals surface area contributed by atoms with Crippen molar-refractivity contribution in [2.45, 2.75) is 25.3 Å². The quantitative estimate of drug-likeness (QED) is 0.576. The molecule has 29 heavy (non-hydrogen) atoms. The monoisotopic (exact) mass is 419 g/mol. The first-order valence-corrected chi connectivity index (χ1v) is 9.26. The van der Waals surface area contributed by atoms with E-state index in [0.717, 1.165) is 28.2 Å². The van der Waals surface area contributed by atoms with Gasteiger partial charge in [0.2, 0.25) is 0 Å². The highest BCUT2D eigenvalue weighted by Crippen LogP contribution is 2.27. The smallest absolute Gasteiger partial charge is 0.372 e. The molecule has 3 aromatic rings. The second-order valence-electron chi connectivity index (χ2n) is 6.69. The molecule has 1 aliphatic rings.